The monoisotopic (exact) mass is 280 g/mol. The predicted octanol–water partition coefficient (Wildman–Crippen LogP) is 1.96. The van der Waals surface area contributed by atoms with E-state index in [0.717, 1.165) is 25.0 Å². The fourth-order valence-electron chi connectivity index (χ4n) is 2.98. The van der Waals surface area contributed by atoms with Crippen LogP contribution in [0.25, 0.3) is 0 Å². The van der Waals surface area contributed by atoms with Crippen LogP contribution in [0.3, 0.4) is 0 Å². The van der Waals surface area contributed by atoms with Crippen LogP contribution in [-0.2, 0) is 21.7 Å². The van der Waals surface area contributed by atoms with Crippen molar-refractivity contribution in [2.24, 2.45) is 11.8 Å². The summed E-state index contributed by atoms with van der Waals surface area (Å²) in [4.78, 5) is 9.12. The Hall–Kier alpha value is -1.24. The van der Waals surface area contributed by atoms with E-state index in [1.54, 1.807) is 20.3 Å². The van der Waals surface area contributed by atoms with E-state index in [1.165, 1.54) is 6.42 Å². The molecule has 0 saturated heterocycles. The van der Waals surface area contributed by atoms with Crippen molar-refractivity contribution in [2.75, 3.05) is 19.6 Å². The average Bonchev–Trinajstić information content (AvgIpc) is 2.47. The van der Waals surface area contributed by atoms with Gasteiger partial charge in [-0.25, -0.2) is 15.8 Å². The minimum Gasteiger partial charge on any atom is -0.378 e. The summed E-state index contributed by atoms with van der Waals surface area (Å²) in [7, 11) is 3.38. The van der Waals surface area contributed by atoms with Crippen LogP contribution in [0.5, 0.6) is 0 Å². The normalized spacial score (nSPS) is 26.5. The van der Waals surface area contributed by atoms with Crippen LogP contribution >= 0.6 is 0 Å². The first-order valence-corrected chi connectivity index (χ1v) is 7.02. The number of methoxy groups -OCH3 is 2. The second-order valence-electron chi connectivity index (χ2n) is 5.55. The number of anilines is 1. The number of nitrogens with two attached hydrogens (primary N) is 1. The molecule has 1 heterocycles. The minimum atomic E-state index is -0.410. The van der Waals surface area contributed by atoms with E-state index >= 15 is 0 Å². The summed E-state index contributed by atoms with van der Waals surface area (Å²) in [6, 6.07) is 1.79. The van der Waals surface area contributed by atoms with Crippen molar-refractivity contribution >= 4 is 5.82 Å². The summed E-state index contributed by atoms with van der Waals surface area (Å²) in [6.45, 7) is 2.67. The van der Waals surface area contributed by atoms with Crippen LogP contribution in [0.4, 0.5) is 5.82 Å². The molecule has 1 aromatic heterocycles. The first-order valence-electron chi connectivity index (χ1n) is 7.02. The number of hydrogen-bond acceptors (Lipinski definition) is 6. The third-order valence-electron chi connectivity index (χ3n) is 3.97. The van der Waals surface area contributed by atoms with Crippen LogP contribution < -0.4 is 11.3 Å². The Bertz CT molecular complexity index is 455. The summed E-state index contributed by atoms with van der Waals surface area (Å²) in [6.07, 6.45) is 4.22. The molecule has 1 saturated carbocycles. The standard InChI is InChI=1S/C14H24N4O2/c1-10-5-4-6-14(8-10,20-3)13-16-11(9-19-2)7-12(17-13)18-15/h7,10H,4-6,8-9,15H2,1-3H3,(H,16,17,18). The van der Waals surface area contributed by atoms with E-state index in [4.69, 9.17) is 15.3 Å². The number of hydrogen-bond donors (Lipinski definition) is 2. The topological polar surface area (TPSA) is 82.3 Å². The Labute approximate surface area is 120 Å². The highest BCUT2D eigenvalue weighted by atomic mass is 16.5. The molecule has 0 amide bonds. The fourth-order valence-corrected chi connectivity index (χ4v) is 2.98. The quantitative estimate of drug-likeness (QED) is 0.634. The molecule has 1 aliphatic carbocycles. The van der Waals surface area contributed by atoms with Crippen molar-refractivity contribution in [3.05, 3.63) is 17.6 Å². The highest BCUT2D eigenvalue weighted by molar-refractivity contribution is 5.35. The van der Waals surface area contributed by atoms with Gasteiger partial charge in [0.05, 0.1) is 12.3 Å². The Morgan fingerprint density at radius 1 is 1.45 bits per heavy atom. The largest absolute Gasteiger partial charge is 0.378 e. The smallest absolute Gasteiger partial charge is 0.163 e. The van der Waals surface area contributed by atoms with E-state index in [0.29, 0.717) is 24.2 Å². The number of aromatic nitrogens is 2. The number of hydrazine groups is 1. The van der Waals surface area contributed by atoms with Crippen molar-refractivity contribution in [3.8, 4) is 0 Å². The molecule has 0 radical (unpaired) electrons. The molecule has 1 fully saturated rings. The maximum Gasteiger partial charge on any atom is 0.163 e. The lowest BCUT2D eigenvalue weighted by Gasteiger charge is -2.37. The second kappa shape index (κ2) is 6.47. The molecule has 2 rings (SSSR count). The molecule has 6 nitrogen and oxygen atoms in total. The summed E-state index contributed by atoms with van der Waals surface area (Å²) < 4.78 is 11.0. The number of nitrogen functional groups attached to an aromatic ring is 1. The van der Waals surface area contributed by atoms with Gasteiger partial charge in [0.1, 0.15) is 11.4 Å². The lowest BCUT2D eigenvalue weighted by atomic mass is 9.78. The molecule has 0 aliphatic heterocycles. The fraction of sp³-hybridized carbons (Fsp3) is 0.714. The molecule has 2 unspecified atom stereocenters. The number of rotatable bonds is 5. The summed E-state index contributed by atoms with van der Waals surface area (Å²) in [5.74, 6) is 7.40. The van der Waals surface area contributed by atoms with Gasteiger partial charge >= 0.3 is 0 Å². The Morgan fingerprint density at radius 3 is 2.85 bits per heavy atom. The van der Waals surface area contributed by atoms with Gasteiger partial charge < -0.3 is 14.9 Å². The Morgan fingerprint density at radius 2 is 2.25 bits per heavy atom. The van der Waals surface area contributed by atoms with Gasteiger partial charge in [-0.3, -0.25) is 0 Å². The maximum absolute atomic E-state index is 5.83. The van der Waals surface area contributed by atoms with Gasteiger partial charge in [-0.15, -0.1) is 0 Å². The Kier molecular flexibility index (Phi) is 4.91. The molecule has 0 aromatic carbocycles. The van der Waals surface area contributed by atoms with Crippen molar-refractivity contribution in [3.63, 3.8) is 0 Å². The van der Waals surface area contributed by atoms with Gasteiger partial charge in [-0.2, -0.15) is 0 Å². The molecule has 0 spiro atoms. The first kappa shape index (κ1) is 15.2. The van der Waals surface area contributed by atoms with E-state index in [1.807, 2.05) is 0 Å². The van der Waals surface area contributed by atoms with Crippen molar-refractivity contribution in [1.29, 1.82) is 0 Å². The van der Waals surface area contributed by atoms with Gasteiger partial charge in [0.25, 0.3) is 0 Å². The van der Waals surface area contributed by atoms with Crippen LogP contribution in [0.2, 0.25) is 0 Å². The van der Waals surface area contributed by atoms with Crippen LogP contribution in [0.1, 0.15) is 44.1 Å². The van der Waals surface area contributed by atoms with E-state index in [-0.39, 0.29) is 0 Å². The van der Waals surface area contributed by atoms with Crippen molar-refractivity contribution < 1.29 is 9.47 Å². The molecule has 1 aliphatic rings. The summed E-state index contributed by atoms with van der Waals surface area (Å²) in [5, 5.41) is 0. The summed E-state index contributed by atoms with van der Waals surface area (Å²) in [5.41, 5.74) is 2.99. The lowest BCUT2D eigenvalue weighted by molar-refractivity contribution is -0.0648. The highest BCUT2D eigenvalue weighted by Gasteiger charge is 2.39. The number of nitrogens with zero attached hydrogens (tertiary/aromatic N) is 2. The van der Waals surface area contributed by atoms with Gasteiger partial charge in [-0.05, 0) is 25.2 Å². The molecule has 20 heavy (non-hydrogen) atoms. The molecule has 6 heteroatoms. The van der Waals surface area contributed by atoms with Crippen LogP contribution in [0, 0.1) is 5.92 Å². The number of ether oxygens (including phenoxy) is 2. The zero-order chi connectivity index (χ0) is 14.6. The molecular weight excluding hydrogens is 256 g/mol. The minimum absolute atomic E-state index is 0.410. The average molecular weight is 280 g/mol. The Balaban J connectivity index is 2.39. The van der Waals surface area contributed by atoms with E-state index in [2.05, 4.69) is 22.3 Å². The van der Waals surface area contributed by atoms with Crippen molar-refractivity contribution in [2.45, 2.75) is 44.8 Å². The van der Waals surface area contributed by atoms with Crippen LogP contribution in [0.15, 0.2) is 6.07 Å². The van der Waals surface area contributed by atoms with Crippen molar-refractivity contribution in [1.82, 2.24) is 9.97 Å². The molecule has 3 N–H and O–H groups in total. The van der Waals surface area contributed by atoms with Crippen LogP contribution in [-0.4, -0.2) is 24.2 Å². The molecule has 2 atom stereocenters. The lowest BCUT2D eigenvalue weighted by Crippen LogP contribution is -2.36. The van der Waals surface area contributed by atoms with E-state index < -0.39 is 5.60 Å². The molecule has 0 bridgehead atoms. The summed E-state index contributed by atoms with van der Waals surface area (Å²) >= 11 is 0. The maximum atomic E-state index is 5.83. The number of nitrogens with one attached hydrogen (secondary N) is 1. The highest BCUT2D eigenvalue weighted by Crippen LogP contribution is 2.41. The first-order chi connectivity index (χ1) is 9.63. The van der Waals surface area contributed by atoms with Gasteiger partial charge in [0.15, 0.2) is 5.82 Å². The van der Waals surface area contributed by atoms with Gasteiger partial charge in [0.2, 0.25) is 0 Å². The molecule has 1 aromatic rings. The molecule has 112 valence electrons. The second-order valence-corrected chi connectivity index (χ2v) is 5.55. The SMILES string of the molecule is COCc1cc(NN)nc(C2(OC)CCCC(C)C2)n1. The predicted molar refractivity (Wildman–Crippen MR) is 76.9 cm³/mol. The van der Waals surface area contributed by atoms with Gasteiger partial charge in [0, 0.05) is 20.3 Å². The zero-order valence-corrected chi connectivity index (χ0v) is 12.5. The third kappa shape index (κ3) is 3.08. The third-order valence-corrected chi connectivity index (χ3v) is 3.97. The zero-order valence-electron chi connectivity index (χ0n) is 12.5. The van der Waals surface area contributed by atoms with E-state index in [9.17, 15) is 0 Å². The molecular formula is C14H24N4O2. The van der Waals surface area contributed by atoms with Gasteiger partial charge in [-0.1, -0.05) is 13.3 Å².